The van der Waals surface area contributed by atoms with Gasteiger partial charge in [-0.15, -0.1) is 12.4 Å². The number of rotatable bonds is 4. The average molecular weight is 313 g/mol. The molecule has 0 saturated carbocycles. The molecule has 5 heteroatoms. The van der Waals surface area contributed by atoms with Gasteiger partial charge in [-0.25, -0.2) is 4.39 Å². The van der Waals surface area contributed by atoms with Crippen LogP contribution in [0.15, 0.2) is 29.8 Å². The van der Waals surface area contributed by atoms with E-state index in [1.54, 1.807) is 25.1 Å². The van der Waals surface area contributed by atoms with E-state index in [9.17, 15) is 9.18 Å². The van der Waals surface area contributed by atoms with E-state index >= 15 is 0 Å². The molecule has 0 radical (unpaired) electrons. The molecular weight excluding hydrogens is 291 g/mol. The van der Waals surface area contributed by atoms with Crippen LogP contribution in [0.1, 0.15) is 25.3 Å². The van der Waals surface area contributed by atoms with Crippen molar-refractivity contribution in [1.82, 2.24) is 10.6 Å². The Morgan fingerprint density at radius 1 is 1.33 bits per heavy atom. The molecule has 0 aliphatic carbocycles. The molecular formula is C16H22ClFN2O. The van der Waals surface area contributed by atoms with Gasteiger partial charge in [-0.05, 0) is 62.5 Å². The van der Waals surface area contributed by atoms with Gasteiger partial charge >= 0.3 is 0 Å². The molecule has 1 saturated heterocycles. The molecule has 0 aromatic heterocycles. The van der Waals surface area contributed by atoms with Crippen molar-refractivity contribution in [2.24, 2.45) is 5.92 Å². The number of nitrogens with one attached hydrogen (secondary N) is 2. The Bertz CT molecular complexity index is 482. The number of carbonyl (C=O) groups is 1. The molecule has 116 valence electrons. The Hall–Kier alpha value is -1.39. The lowest BCUT2D eigenvalue weighted by Crippen LogP contribution is -2.36. The maximum atomic E-state index is 12.8. The van der Waals surface area contributed by atoms with Gasteiger partial charge in [0.1, 0.15) is 5.82 Å². The minimum atomic E-state index is -0.268. The quantitative estimate of drug-likeness (QED) is 0.839. The average Bonchev–Trinajstić information content (AvgIpc) is 2.48. The summed E-state index contributed by atoms with van der Waals surface area (Å²) in [6.45, 7) is 4.58. The highest BCUT2D eigenvalue weighted by Gasteiger charge is 2.14. The largest absolute Gasteiger partial charge is 0.352 e. The second kappa shape index (κ2) is 8.80. The molecule has 0 spiro atoms. The van der Waals surface area contributed by atoms with Crippen LogP contribution in [0.25, 0.3) is 6.08 Å². The number of benzene rings is 1. The first kappa shape index (κ1) is 17.7. The zero-order valence-corrected chi connectivity index (χ0v) is 13.0. The Morgan fingerprint density at radius 3 is 2.57 bits per heavy atom. The van der Waals surface area contributed by atoms with E-state index in [1.165, 1.54) is 12.1 Å². The number of piperidine rings is 1. The molecule has 1 fully saturated rings. The first-order chi connectivity index (χ1) is 9.65. The minimum Gasteiger partial charge on any atom is -0.352 e. The van der Waals surface area contributed by atoms with E-state index in [0.29, 0.717) is 11.5 Å². The molecule has 0 bridgehead atoms. The van der Waals surface area contributed by atoms with Gasteiger partial charge in [0.25, 0.3) is 0 Å². The zero-order valence-electron chi connectivity index (χ0n) is 12.2. The van der Waals surface area contributed by atoms with Gasteiger partial charge in [-0.2, -0.15) is 0 Å². The molecule has 2 N–H and O–H groups in total. The fourth-order valence-corrected chi connectivity index (χ4v) is 2.34. The summed E-state index contributed by atoms with van der Waals surface area (Å²) < 4.78 is 12.8. The monoisotopic (exact) mass is 312 g/mol. The summed E-state index contributed by atoms with van der Waals surface area (Å²) >= 11 is 0. The van der Waals surface area contributed by atoms with Crippen LogP contribution in [-0.4, -0.2) is 25.5 Å². The molecule has 1 heterocycles. The topological polar surface area (TPSA) is 41.1 Å². The van der Waals surface area contributed by atoms with Crippen LogP contribution in [-0.2, 0) is 4.79 Å². The summed E-state index contributed by atoms with van der Waals surface area (Å²) in [7, 11) is 0. The Kier molecular flexibility index (Phi) is 7.40. The van der Waals surface area contributed by atoms with Crippen molar-refractivity contribution in [1.29, 1.82) is 0 Å². The Morgan fingerprint density at radius 2 is 1.95 bits per heavy atom. The van der Waals surface area contributed by atoms with Crippen molar-refractivity contribution in [3.63, 3.8) is 0 Å². The Balaban J connectivity index is 0.00000220. The predicted molar refractivity (Wildman–Crippen MR) is 85.9 cm³/mol. The standard InChI is InChI=1S/C16H21FN2O.ClH/c1-12(10-13-2-4-15(17)5-3-13)16(20)19-11-14-6-8-18-9-7-14;/h2-5,10,14,18H,6-9,11H2,1H3,(H,19,20);1H/b12-10-;. The fourth-order valence-electron chi connectivity index (χ4n) is 2.34. The highest BCUT2D eigenvalue weighted by atomic mass is 35.5. The van der Waals surface area contributed by atoms with E-state index in [-0.39, 0.29) is 24.1 Å². The maximum Gasteiger partial charge on any atom is 0.246 e. The zero-order chi connectivity index (χ0) is 14.4. The van der Waals surface area contributed by atoms with E-state index < -0.39 is 0 Å². The number of amides is 1. The van der Waals surface area contributed by atoms with E-state index in [2.05, 4.69) is 10.6 Å². The van der Waals surface area contributed by atoms with Gasteiger partial charge < -0.3 is 10.6 Å². The highest BCUT2D eigenvalue weighted by Crippen LogP contribution is 2.11. The second-order valence-corrected chi connectivity index (χ2v) is 5.28. The third kappa shape index (κ3) is 5.86. The Labute approximate surface area is 131 Å². The van der Waals surface area contributed by atoms with Gasteiger partial charge in [0.15, 0.2) is 0 Å². The predicted octanol–water partition coefficient (Wildman–Crippen LogP) is 2.77. The highest BCUT2D eigenvalue weighted by molar-refractivity contribution is 5.97. The molecule has 21 heavy (non-hydrogen) atoms. The van der Waals surface area contributed by atoms with Crippen molar-refractivity contribution < 1.29 is 9.18 Å². The molecule has 1 aromatic rings. The first-order valence-corrected chi connectivity index (χ1v) is 7.08. The molecule has 1 aliphatic rings. The lowest BCUT2D eigenvalue weighted by molar-refractivity contribution is -0.117. The van der Waals surface area contributed by atoms with Gasteiger partial charge in [0, 0.05) is 12.1 Å². The maximum absolute atomic E-state index is 12.8. The summed E-state index contributed by atoms with van der Waals surface area (Å²) in [5.41, 5.74) is 1.48. The normalized spacial score (nSPS) is 16.2. The van der Waals surface area contributed by atoms with Gasteiger partial charge in [-0.3, -0.25) is 4.79 Å². The first-order valence-electron chi connectivity index (χ1n) is 7.08. The lowest BCUT2D eigenvalue weighted by atomic mass is 9.98. The van der Waals surface area contributed by atoms with Crippen molar-refractivity contribution in [2.45, 2.75) is 19.8 Å². The van der Waals surface area contributed by atoms with Crippen LogP contribution in [0.2, 0.25) is 0 Å². The van der Waals surface area contributed by atoms with Crippen LogP contribution >= 0.6 is 12.4 Å². The summed E-state index contributed by atoms with van der Waals surface area (Å²) in [5.74, 6) is 0.252. The van der Waals surface area contributed by atoms with Crippen molar-refractivity contribution in [3.05, 3.63) is 41.2 Å². The summed E-state index contributed by atoms with van der Waals surface area (Å²) in [6, 6.07) is 6.12. The second-order valence-electron chi connectivity index (χ2n) is 5.28. The molecule has 1 aliphatic heterocycles. The molecule has 0 unspecified atom stereocenters. The van der Waals surface area contributed by atoms with Crippen LogP contribution in [0, 0.1) is 11.7 Å². The molecule has 3 nitrogen and oxygen atoms in total. The summed E-state index contributed by atoms with van der Waals surface area (Å²) in [5, 5.41) is 6.28. The number of halogens is 2. The van der Waals surface area contributed by atoms with E-state index in [0.717, 1.165) is 38.0 Å². The molecule has 2 rings (SSSR count). The summed E-state index contributed by atoms with van der Waals surface area (Å²) in [6.07, 6.45) is 4.00. The summed E-state index contributed by atoms with van der Waals surface area (Å²) in [4.78, 5) is 12.0. The van der Waals surface area contributed by atoms with Gasteiger partial charge in [-0.1, -0.05) is 12.1 Å². The fraction of sp³-hybridized carbons (Fsp3) is 0.438. The van der Waals surface area contributed by atoms with Crippen LogP contribution in [0.5, 0.6) is 0 Å². The molecule has 0 atom stereocenters. The van der Waals surface area contributed by atoms with E-state index in [4.69, 9.17) is 0 Å². The molecule has 1 amide bonds. The third-order valence-electron chi connectivity index (χ3n) is 3.62. The minimum absolute atomic E-state index is 0. The van der Waals surface area contributed by atoms with Crippen LogP contribution < -0.4 is 10.6 Å². The number of hydrogen-bond acceptors (Lipinski definition) is 2. The van der Waals surface area contributed by atoms with E-state index in [1.807, 2.05) is 0 Å². The van der Waals surface area contributed by atoms with Crippen molar-refractivity contribution >= 4 is 24.4 Å². The number of hydrogen-bond donors (Lipinski definition) is 2. The van der Waals surface area contributed by atoms with Crippen LogP contribution in [0.4, 0.5) is 4.39 Å². The van der Waals surface area contributed by atoms with Gasteiger partial charge in [0.2, 0.25) is 5.91 Å². The van der Waals surface area contributed by atoms with Gasteiger partial charge in [0.05, 0.1) is 0 Å². The number of carbonyl (C=O) groups excluding carboxylic acids is 1. The van der Waals surface area contributed by atoms with Crippen molar-refractivity contribution in [3.8, 4) is 0 Å². The van der Waals surface area contributed by atoms with Crippen LogP contribution in [0.3, 0.4) is 0 Å². The third-order valence-corrected chi connectivity index (χ3v) is 3.62. The molecule has 1 aromatic carbocycles. The SMILES string of the molecule is C/C(=C/c1ccc(F)cc1)C(=O)NCC1CCNCC1.Cl. The smallest absolute Gasteiger partial charge is 0.246 e. The lowest BCUT2D eigenvalue weighted by Gasteiger charge is -2.22. The van der Waals surface area contributed by atoms with Crippen molar-refractivity contribution in [2.75, 3.05) is 19.6 Å².